The molecule has 0 unspecified atom stereocenters. The van der Waals surface area contributed by atoms with Crippen molar-refractivity contribution in [1.82, 2.24) is 19.4 Å². The first-order chi connectivity index (χ1) is 24.6. The fourth-order valence-corrected chi connectivity index (χ4v) is 5.69. The van der Waals surface area contributed by atoms with Gasteiger partial charge in [0.05, 0.1) is 23.0 Å². The maximum Gasteiger partial charge on any atom is 0.422 e. The van der Waals surface area contributed by atoms with E-state index in [4.69, 9.17) is 9.47 Å². The Labute approximate surface area is 304 Å². The van der Waals surface area contributed by atoms with Gasteiger partial charge in [-0.2, -0.15) is 26.3 Å². The molecule has 0 saturated carbocycles. The predicted molar refractivity (Wildman–Crippen MR) is 183 cm³/mol. The highest BCUT2D eigenvalue weighted by Gasteiger charge is 2.34. The third kappa shape index (κ3) is 9.56. The van der Waals surface area contributed by atoms with Crippen molar-refractivity contribution in [3.63, 3.8) is 0 Å². The molecule has 0 radical (unpaired) electrons. The fraction of sp³-hybridized carbons (Fsp3) is 0.250. The van der Waals surface area contributed by atoms with E-state index in [-0.39, 0.29) is 41.2 Å². The van der Waals surface area contributed by atoms with Gasteiger partial charge < -0.3 is 24.3 Å². The molecule has 53 heavy (non-hydrogen) atoms. The molecule has 0 atom stereocenters. The van der Waals surface area contributed by atoms with E-state index in [1.165, 1.54) is 30.5 Å². The van der Waals surface area contributed by atoms with Crippen molar-refractivity contribution < 1.29 is 49.8 Å². The minimum Gasteiger partial charge on any atom is -0.484 e. The number of alkyl halides is 6. The highest BCUT2D eigenvalue weighted by molar-refractivity contribution is 6.04. The van der Waals surface area contributed by atoms with Gasteiger partial charge in [0.2, 0.25) is 5.88 Å². The number of aryl methyl sites for hydroxylation is 1. The molecule has 6 rings (SSSR count). The Morgan fingerprint density at radius 1 is 0.849 bits per heavy atom. The number of piperazine rings is 1. The molecule has 17 heteroatoms. The first kappa shape index (κ1) is 38.9. The number of fused-ring (bicyclic) bond motifs is 1. The number of rotatable bonds is 9. The quantitative estimate of drug-likeness (QED) is 0.153. The number of halogens is 8. The van der Waals surface area contributed by atoms with Crippen LogP contribution in [0.3, 0.4) is 0 Å². The zero-order chi connectivity index (χ0) is 37.2. The molecule has 0 bridgehead atoms. The van der Waals surface area contributed by atoms with E-state index < -0.39 is 36.2 Å². The van der Waals surface area contributed by atoms with E-state index in [0.717, 1.165) is 22.5 Å². The molecule has 1 N–H and O–H groups in total. The zero-order valence-corrected chi connectivity index (χ0v) is 28.6. The minimum atomic E-state index is -4.88. The second kappa shape index (κ2) is 15.7. The van der Waals surface area contributed by atoms with Gasteiger partial charge in [-0.15, -0.1) is 12.4 Å². The van der Waals surface area contributed by atoms with Crippen molar-refractivity contribution in [2.75, 3.05) is 38.1 Å². The molecular formula is C36H31ClF7N5O4. The highest BCUT2D eigenvalue weighted by atomic mass is 35.5. The molecule has 0 spiro atoms. The van der Waals surface area contributed by atoms with E-state index in [0.29, 0.717) is 56.3 Å². The molecule has 1 saturated heterocycles. The lowest BCUT2D eigenvalue weighted by Crippen LogP contribution is -2.48. The number of carbonyl (C=O) groups is 2. The van der Waals surface area contributed by atoms with Crippen LogP contribution in [-0.2, 0) is 19.8 Å². The highest BCUT2D eigenvalue weighted by Crippen LogP contribution is 2.32. The molecule has 1 aliphatic heterocycles. The number of pyridine rings is 1. The number of aromatic nitrogens is 2. The van der Waals surface area contributed by atoms with Crippen LogP contribution in [0, 0.1) is 5.82 Å². The van der Waals surface area contributed by atoms with Crippen molar-refractivity contribution in [2.24, 2.45) is 7.05 Å². The molecule has 2 aromatic heterocycles. The molecule has 280 valence electrons. The van der Waals surface area contributed by atoms with Gasteiger partial charge in [0.25, 0.3) is 11.8 Å². The van der Waals surface area contributed by atoms with Crippen LogP contribution in [0.4, 0.5) is 36.4 Å². The third-order valence-electron chi connectivity index (χ3n) is 8.38. The molecule has 5 aromatic rings. The maximum absolute atomic E-state index is 13.9. The van der Waals surface area contributed by atoms with Crippen molar-refractivity contribution in [2.45, 2.75) is 18.9 Å². The molecule has 2 amide bonds. The number of hydrogen-bond acceptors (Lipinski definition) is 6. The van der Waals surface area contributed by atoms with Crippen LogP contribution in [0.25, 0.3) is 10.9 Å². The number of benzene rings is 3. The second-order valence-electron chi connectivity index (χ2n) is 12.1. The van der Waals surface area contributed by atoms with Crippen LogP contribution < -0.4 is 14.8 Å². The number of amides is 2. The average Bonchev–Trinajstić information content (AvgIpc) is 3.43. The van der Waals surface area contributed by atoms with Gasteiger partial charge in [-0.1, -0.05) is 12.1 Å². The van der Waals surface area contributed by atoms with Gasteiger partial charge in [-0.25, -0.2) is 9.37 Å². The predicted octanol–water partition coefficient (Wildman–Crippen LogP) is 8.10. The lowest BCUT2D eigenvalue weighted by Gasteiger charge is -2.34. The monoisotopic (exact) mass is 765 g/mol. The summed E-state index contributed by atoms with van der Waals surface area (Å²) in [4.78, 5) is 34.1. The summed E-state index contributed by atoms with van der Waals surface area (Å²) in [5.41, 5.74) is 0.563. The van der Waals surface area contributed by atoms with Crippen molar-refractivity contribution in [3.05, 3.63) is 113 Å². The number of carbonyl (C=O) groups excluding carboxylic acids is 2. The van der Waals surface area contributed by atoms with Crippen LogP contribution in [0.2, 0.25) is 0 Å². The zero-order valence-electron chi connectivity index (χ0n) is 27.8. The van der Waals surface area contributed by atoms with Crippen molar-refractivity contribution in [3.8, 4) is 17.4 Å². The SMILES string of the molecule is Cl.Cn1c(C(=O)N2CCN(Cc3ccc(OCC(F)(F)F)cc3)CC2)cc2ccc(Oc3ccc(NC(=O)c4ccc(C(F)(F)F)c(F)c4)cn3)cc21. The Morgan fingerprint density at radius 2 is 1.55 bits per heavy atom. The van der Waals surface area contributed by atoms with E-state index in [1.54, 1.807) is 52.9 Å². The summed E-state index contributed by atoms with van der Waals surface area (Å²) in [6, 6.07) is 18.3. The van der Waals surface area contributed by atoms with Crippen LogP contribution >= 0.6 is 12.4 Å². The van der Waals surface area contributed by atoms with Gasteiger partial charge in [-0.3, -0.25) is 14.5 Å². The van der Waals surface area contributed by atoms with E-state index in [1.807, 2.05) is 0 Å². The molecule has 1 fully saturated rings. The Morgan fingerprint density at radius 3 is 2.17 bits per heavy atom. The van der Waals surface area contributed by atoms with Gasteiger partial charge >= 0.3 is 12.4 Å². The van der Waals surface area contributed by atoms with E-state index in [9.17, 15) is 40.3 Å². The molecule has 1 aliphatic rings. The van der Waals surface area contributed by atoms with E-state index >= 15 is 0 Å². The van der Waals surface area contributed by atoms with Gasteiger partial charge in [0, 0.05) is 62.9 Å². The lowest BCUT2D eigenvalue weighted by molar-refractivity contribution is -0.153. The Hall–Kier alpha value is -5.35. The largest absolute Gasteiger partial charge is 0.484 e. The third-order valence-corrected chi connectivity index (χ3v) is 8.38. The standard InChI is InChI=1S/C36H30F7N5O4.ClH/c1-46-30-18-27(52-32-11-6-25(19-44-32)45-33(49)24-5-10-28(29(37)16-24)36(41,42)43)9-4-23(30)17-31(46)34(50)48-14-12-47(13-15-48)20-22-2-7-26(8-3-22)51-21-35(38,39)40;/h2-11,16-19H,12-15,20-21H2,1H3,(H,45,49);1H. The number of nitrogens with one attached hydrogen (secondary N) is 1. The minimum absolute atomic E-state index is 0. The van der Waals surface area contributed by atoms with Gasteiger partial charge in [-0.05, 0) is 60.2 Å². The van der Waals surface area contributed by atoms with Crippen molar-refractivity contribution in [1.29, 1.82) is 0 Å². The molecule has 3 heterocycles. The number of nitrogens with zero attached hydrogens (tertiary/aromatic N) is 4. The summed E-state index contributed by atoms with van der Waals surface area (Å²) in [5, 5.41) is 3.26. The summed E-state index contributed by atoms with van der Waals surface area (Å²) in [5.74, 6) is -1.78. The van der Waals surface area contributed by atoms with Crippen LogP contribution in [-0.4, -0.2) is 70.1 Å². The summed E-state index contributed by atoms with van der Waals surface area (Å²) < 4.78 is 102. The van der Waals surface area contributed by atoms with E-state index in [2.05, 4.69) is 15.2 Å². The summed E-state index contributed by atoms with van der Waals surface area (Å²) in [6.45, 7) is 1.44. The lowest BCUT2D eigenvalue weighted by atomic mass is 10.1. The van der Waals surface area contributed by atoms with Gasteiger partial charge in [0.15, 0.2) is 6.61 Å². The number of hydrogen-bond donors (Lipinski definition) is 1. The molecular weight excluding hydrogens is 735 g/mol. The Balaban J connectivity index is 0.00000541. The number of ether oxygens (including phenoxy) is 2. The average molecular weight is 766 g/mol. The fourth-order valence-electron chi connectivity index (χ4n) is 5.69. The van der Waals surface area contributed by atoms with Crippen LogP contribution in [0.5, 0.6) is 17.4 Å². The second-order valence-corrected chi connectivity index (χ2v) is 12.1. The summed E-state index contributed by atoms with van der Waals surface area (Å²) >= 11 is 0. The maximum atomic E-state index is 13.9. The molecule has 9 nitrogen and oxygen atoms in total. The normalized spacial score (nSPS) is 13.8. The Kier molecular flexibility index (Phi) is 11.5. The first-order valence-corrected chi connectivity index (χ1v) is 15.8. The smallest absolute Gasteiger partial charge is 0.422 e. The van der Waals surface area contributed by atoms with Gasteiger partial charge in [0.1, 0.15) is 23.0 Å². The number of anilines is 1. The summed E-state index contributed by atoms with van der Waals surface area (Å²) in [6.07, 6.45) is -8.01. The molecule has 0 aliphatic carbocycles. The van der Waals surface area contributed by atoms with Crippen molar-refractivity contribution >= 4 is 40.8 Å². The topological polar surface area (TPSA) is 88.9 Å². The van der Waals surface area contributed by atoms with Crippen LogP contribution in [0.1, 0.15) is 32.0 Å². The van der Waals surface area contributed by atoms with Crippen LogP contribution in [0.15, 0.2) is 85.1 Å². The summed E-state index contributed by atoms with van der Waals surface area (Å²) in [7, 11) is 1.77. The molecule has 3 aromatic carbocycles. The Bertz CT molecular complexity index is 2080. The first-order valence-electron chi connectivity index (χ1n) is 15.8.